The van der Waals surface area contributed by atoms with Gasteiger partial charge in [0.1, 0.15) is 5.60 Å². The van der Waals surface area contributed by atoms with Crippen LogP contribution in [0.2, 0.25) is 0 Å². The van der Waals surface area contributed by atoms with E-state index in [2.05, 4.69) is 4.72 Å². The number of nitrogen functional groups attached to an aromatic ring is 1. The molecular formula is C13H20N2O4S. The zero-order valence-corrected chi connectivity index (χ0v) is 12.4. The fourth-order valence-corrected chi connectivity index (χ4v) is 3.60. The molecule has 2 unspecified atom stereocenters. The van der Waals surface area contributed by atoms with Crippen LogP contribution in [0.5, 0.6) is 0 Å². The Morgan fingerprint density at radius 1 is 1.55 bits per heavy atom. The van der Waals surface area contributed by atoms with Crippen LogP contribution in [0.3, 0.4) is 0 Å². The highest BCUT2D eigenvalue weighted by Crippen LogP contribution is 2.26. The molecule has 0 aliphatic carbocycles. The van der Waals surface area contributed by atoms with E-state index in [1.54, 1.807) is 26.0 Å². The Morgan fingerprint density at radius 2 is 2.25 bits per heavy atom. The molecule has 6 nitrogen and oxygen atoms in total. The van der Waals surface area contributed by atoms with Crippen molar-refractivity contribution in [2.24, 2.45) is 0 Å². The average molecular weight is 300 g/mol. The predicted octanol–water partition coefficient (Wildman–Crippen LogP) is 0.395. The highest BCUT2D eigenvalue weighted by Gasteiger charge is 2.40. The number of rotatable bonds is 4. The van der Waals surface area contributed by atoms with Gasteiger partial charge in [-0.15, -0.1) is 0 Å². The Hall–Kier alpha value is -1.15. The second-order valence-corrected chi connectivity index (χ2v) is 6.90. The van der Waals surface area contributed by atoms with Gasteiger partial charge in [0.15, 0.2) is 0 Å². The molecular weight excluding hydrogens is 280 g/mol. The number of nitrogens with one attached hydrogen (secondary N) is 1. The summed E-state index contributed by atoms with van der Waals surface area (Å²) >= 11 is 0. The fourth-order valence-electron chi connectivity index (χ4n) is 2.22. The van der Waals surface area contributed by atoms with Crippen LogP contribution in [0.4, 0.5) is 5.69 Å². The maximum Gasteiger partial charge on any atom is 0.241 e. The summed E-state index contributed by atoms with van der Waals surface area (Å²) in [6.45, 7) is 3.73. The summed E-state index contributed by atoms with van der Waals surface area (Å²) in [6.07, 6.45) is 0.0132. The third kappa shape index (κ3) is 2.80. The van der Waals surface area contributed by atoms with E-state index >= 15 is 0 Å². The van der Waals surface area contributed by atoms with Crippen LogP contribution in [0.25, 0.3) is 0 Å². The Morgan fingerprint density at radius 3 is 2.85 bits per heavy atom. The Labute approximate surface area is 119 Å². The van der Waals surface area contributed by atoms with Gasteiger partial charge in [0.25, 0.3) is 0 Å². The van der Waals surface area contributed by atoms with Gasteiger partial charge in [0.2, 0.25) is 10.0 Å². The van der Waals surface area contributed by atoms with Gasteiger partial charge in [-0.1, -0.05) is 6.07 Å². The number of nitrogens with two attached hydrogens (primary N) is 1. The standard InChI is InChI=1S/C13H20N2O4S/c1-9-11(14)4-3-5-12(9)20(17,18)15-8-13(16)6-7-19-10(13)2/h3-5,10,15-16H,6-8,14H2,1-2H3. The van der Waals surface area contributed by atoms with Crippen LogP contribution < -0.4 is 10.5 Å². The van der Waals surface area contributed by atoms with Gasteiger partial charge in [-0.2, -0.15) is 0 Å². The van der Waals surface area contributed by atoms with E-state index < -0.39 is 21.7 Å². The normalized spacial score (nSPS) is 26.9. The molecule has 2 rings (SSSR count). The van der Waals surface area contributed by atoms with Crippen molar-refractivity contribution >= 4 is 15.7 Å². The zero-order chi connectivity index (χ0) is 15.0. The minimum Gasteiger partial charge on any atom is -0.398 e. The third-order valence-electron chi connectivity index (χ3n) is 3.84. The molecule has 0 aromatic heterocycles. The highest BCUT2D eigenvalue weighted by atomic mass is 32.2. The maximum atomic E-state index is 12.3. The molecule has 1 aromatic rings. The van der Waals surface area contributed by atoms with Gasteiger partial charge in [-0.3, -0.25) is 0 Å². The summed E-state index contributed by atoms with van der Waals surface area (Å²) in [6, 6.07) is 4.73. The van der Waals surface area contributed by atoms with E-state index in [1.165, 1.54) is 6.07 Å². The minimum absolute atomic E-state index is 0.0786. The quantitative estimate of drug-likeness (QED) is 0.698. The van der Waals surface area contributed by atoms with Crippen LogP contribution in [0.15, 0.2) is 23.1 Å². The molecule has 20 heavy (non-hydrogen) atoms. The summed E-state index contributed by atoms with van der Waals surface area (Å²) in [5.74, 6) is 0. The first-order chi connectivity index (χ1) is 9.26. The summed E-state index contributed by atoms with van der Waals surface area (Å²) in [4.78, 5) is 0.132. The first kappa shape index (κ1) is 15.2. The summed E-state index contributed by atoms with van der Waals surface area (Å²) in [7, 11) is -3.71. The molecule has 0 bridgehead atoms. The topological polar surface area (TPSA) is 102 Å². The number of benzene rings is 1. The third-order valence-corrected chi connectivity index (χ3v) is 5.39. The number of ether oxygens (including phenoxy) is 1. The van der Waals surface area contributed by atoms with E-state index in [4.69, 9.17) is 10.5 Å². The van der Waals surface area contributed by atoms with Crippen molar-refractivity contribution in [3.8, 4) is 0 Å². The molecule has 1 fully saturated rings. The molecule has 1 aliphatic rings. The van der Waals surface area contributed by atoms with Crippen molar-refractivity contribution in [3.05, 3.63) is 23.8 Å². The molecule has 1 saturated heterocycles. The molecule has 0 spiro atoms. The fraction of sp³-hybridized carbons (Fsp3) is 0.538. The van der Waals surface area contributed by atoms with E-state index in [1.807, 2.05) is 0 Å². The van der Waals surface area contributed by atoms with Crippen LogP contribution in [0.1, 0.15) is 18.9 Å². The van der Waals surface area contributed by atoms with E-state index in [9.17, 15) is 13.5 Å². The lowest BCUT2D eigenvalue weighted by Crippen LogP contribution is -2.47. The van der Waals surface area contributed by atoms with Crippen LogP contribution in [-0.4, -0.2) is 38.4 Å². The van der Waals surface area contributed by atoms with Crippen molar-refractivity contribution in [1.82, 2.24) is 4.72 Å². The van der Waals surface area contributed by atoms with Crippen molar-refractivity contribution in [2.75, 3.05) is 18.9 Å². The number of anilines is 1. The van der Waals surface area contributed by atoms with Gasteiger partial charge in [0.05, 0.1) is 11.0 Å². The molecule has 0 amide bonds. The van der Waals surface area contributed by atoms with Gasteiger partial charge in [-0.05, 0) is 31.5 Å². The van der Waals surface area contributed by atoms with Gasteiger partial charge in [-0.25, -0.2) is 13.1 Å². The molecule has 7 heteroatoms. The number of hydrogen-bond acceptors (Lipinski definition) is 5. The van der Waals surface area contributed by atoms with Crippen LogP contribution in [0, 0.1) is 6.92 Å². The molecule has 4 N–H and O–H groups in total. The molecule has 112 valence electrons. The first-order valence-electron chi connectivity index (χ1n) is 6.45. The zero-order valence-electron chi connectivity index (χ0n) is 11.6. The van der Waals surface area contributed by atoms with Crippen molar-refractivity contribution in [2.45, 2.75) is 36.9 Å². The monoisotopic (exact) mass is 300 g/mol. The number of hydrogen-bond donors (Lipinski definition) is 3. The predicted molar refractivity (Wildman–Crippen MR) is 75.8 cm³/mol. The SMILES string of the molecule is Cc1c(N)cccc1S(=O)(=O)NCC1(O)CCOC1C. The Bertz CT molecular complexity index is 602. The average Bonchev–Trinajstić information content (AvgIpc) is 2.71. The summed E-state index contributed by atoms with van der Waals surface area (Å²) in [5, 5.41) is 10.3. The number of sulfonamides is 1. The molecule has 2 atom stereocenters. The lowest BCUT2D eigenvalue weighted by molar-refractivity contribution is -0.0228. The van der Waals surface area contributed by atoms with Gasteiger partial charge < -0.3 is 15.6 Å². The molecule has 1 aliphatic heterocycles. The van der Waals surface area contributed by atoms with Crippen molar-refractivity contribution in [1.29, 1.82) is 0 Å². The molecule has 1 aromatic carbocycles. The number of aliphatic hydroxyl groups is 1. The lowest BCUT2D eigenvalue weighted by Gasteiger charge is -2.26. The smallest absolute Gasteiger partial charge is 0.241 e. The summed E-state index contributed by atoms with van der Waals surface area (Å²) in [5.41, 5.74) is 5.48. The Balaban J connectivity index is 2.18. The van der Waals surface area contributed by atoms with Crippen molar-refractivity contribution in [3.63, 3.8) is 0 Å². The van der Waals surface area contributed by atoms with Crippen LogP contribution >= 0.6 is 0 Å². The Kier molecular flexibility index (Phi) is 4.06. The first-order valence-corrected chi connectivity index (χ1v) is 7.93. The minimum atomic E-state index is -3.71. The highest BCUT2D eigenvalue weighted by molar-refractivity contribution is 7.89. The summed E-state index contributed by atoms with van der Waals surface area (Å²) < 4.78 is 32.3. The van der Waals surface area contributed by atoms with E-state index in [0.29, 0.717) is 24.3 Å². The lowest BCUT2D eigenvalue weighted by atomic mass is 9.97. The molecule has 1 heterocycles. The second-order valence-electron chi connectivity index (χ2n) is 5.16. The van der Waals surface area contributed by atoms with Gasteiger partial charge in [0, 0.05) is 25.3 Å². The largest absolute Gasteiger partial charge is 0.398 e. The molecule has 0 radical (unpaired) electrons. The van der Waals surface area contributed by atoms with E-state index in [-0.39, 0.29) is 11.4 Å². The second kappa shape index (κ2) is 5.33. The maximum absolute atomic E-state index is 12.3. The van der Waals surface area contributed by atoms with Crippen LogP contribution in [-0.2, 0) is 14.8 Å². The van der Waals surface area contributed by atoms with Gasteiger partial charge >= 0.3 is 0 Å². The molecule has 0 saturated carbocycles. The van der Waals surface area contributed by atoms with E-state index in [0.717, 1.165) is 0 Å². The van der Waals surface area contributed by atoms with Crippen molar-refractivity contribution < 1.29 is 18.3 Å².